The first-order valence-corrected chi connectivity index (χ1v) is 9.73. The van der Waals surface area contributed by atoms with Crippen molar-refractivity contribution in [2.75, 3.05) is 41.1 Å². The van der Waals surface area contributed by atoms with Crippen LogP contribution in [0.25, 0.3) is 0 Å². The summed E-state index contributed by atoms with van der Waals surface area (Å²) >= 11 is 3.42. The van der Waals surface area contributed by atoms with E-state index in [-0.39, 0.29) is 12.3 Å². The number of aliphatic imine (C=N–C) groups is 1. The minimum Gasteiger partial charge on any atom is -0.495 e. The van der Waals surface area contributed by atoms with Crippen molar-refractivity contribution in [2.45, 2.75) is 6.10 Å². The zero-order chi connectivity index (χ0) is 20.8. The van der Waals surface area contributed by atoms with Gasteiger partial charge in [-0.2, -0.15) is 0 Å². The molecule has 0 aromatic heterocycles. The van der Waals surface area contributed by atoms with Crippen LogP contribution in [0, 0.1) is 0 Å². The molecule has 1 aliphatic rings. The van der Waals surface area contributed by atoms with E-state index in [9.17, 15) is 4.79 Å². The van der Waals surface area contributed by atoms with E-state index in [2.05, 4.69) is 20.9 Å². The number of methoxy groups -OCH3 is 3. The minimum absolute atomic E-state index is 0.0341. The monoisotopic (exact) mass is 463 g/mol. The fraction of sp³-hybridized carbons (Fsp3) is 0.333. The number of rotatable bonds is 8. The van der Waals surface area contributed by atoms with Gasteiger partial charge in [-0.1, -0.05) is 6.07 Å². The van der Waals surface area contributed by atoms with E-state index >= 15 is 0 Å². The standard InChI is InChI=1S/C21H22BrNO6/c1-25-18-8-13(9-19(26-2)20(18)22)11-23-12-15(24)21(27-3)14-4-5-16-17(10-14)29-7-6-28-16/h4-5,8-11,21H,6-7,12H2,1-3H3. The highest BCUT2D eigenvalue weighted by molar-refractivity contribution is 9.10. The number of hydrogen-bond donors (Lipinski definition) is 0. The second kappa shape index (κ2) is 9.76. The summed E-state index contributed by atoms with van der Waals surface area (Å²) < 4.78 is 27.9. The van der Waals surface area contributed by atoms with Crippen LogP contribution in [0.15, 0.2) is 39.8 Å². The van der Waals surface area contributed by atoms with E-state index in [0.717, 1.165) is 5.56 Å². The van der Waals surface area contributed by atoms with Crippen molar-refractivity contribution in [1.29, 1.82) is 0 Å². The first-order valence-electron chi connectivity index (χ1n) is 8.93. The third-order valence-corrected chi connectivity index (χ3v) is 5.13. The predicted octanol–water partition coefficient (Wildman–Crippen LogP) is 3.61. The Morgan fingerprint density at radius 3 is 2.38 bits per heavy atom. The van der Waals surface area contributed by atoms with Crippen LogP contribution in [-0.4, -0.2) is 53.1 Å². The molecule has 0 N–H and O–H groups in total. The highest BCUT2D eigenvalue weighted by Gasteiger charge is 2.22. The van der Waals surface area contributed by atoms with Gasteiger partial charge in [0.1, 0.15) is 41.8 Å². The summed E-state index contributed by atoms with van der Waals surface area (Å²) in [5.41, 5.74) is 1.45. The molecule has 0 saturated heterocycles. The van der Waals surface area contributed by atoms with E-state index in [4.69, 9.17) is 23.7 Å². The van der Waals surface area contributed by atoms with Crippen LogP contribution in [0.4, 0.5) is 0 Å². The molecule has 1 heterocycles. The Morgan fingerprint density at radius 2 is 1.76 bits per heavy atom. The topological polar surface area (TPSA) is 75.6 Å². The van der Waals surface area contributed by atoms with E-state index in [1.54, 1.807) is 50.8 Å². The SMILES string of the molecule is COc1cc(C=NCC(=O)C(OC)c2ccc3c(c2)OCCO3)cc(OC)c1Br. The number of halogens is 1. The number of ether oxygens (including phenoxy) is 5. The van der Waals surface area contributed by atoms with Crippen molar-refractivity contribution in [3.05, 3.63) is 45.9 Å². The van der Waals surface area contributed by atoms with Crippen molar-refractivity contribution < 1.29 is 28.5 Å². The first kappa shape index (κ1) is 21.1. The number of fused-ring (bicyclic) bond motifs is 1. The van der Waals surface area contributed by atoms with Crippen LogP contribution in [-0.2, 0) is 9.53 Å². The number of Topliss-reactive ketones (excluding diaryl/α,β-unsaturated/α-hetero) is 1. The molecule has 1 unspecified atom stereocenters. The zero-order valence-corrected chi connectivity index (χ0v) is 18.0. The quantitative estimate of drug-likeness (QED) is 0.556. The molecule has 3 rings (SSSR count). The smallest absolute Gasteiger partial charge is 0.187 e. The molecule has 0 radical (unpaired) electrons. The molecule has 7 nitrogen and oxygen atoms in total. The van der Waals surface area contributed by atoms with E-state index in [1.807, 2.05) is 0 Å². The molecule has 2 aromatic rings. The Kier molecular flexibility index (Phi) is 7.11. The van der Waals surface area contributed by atoms with Crippen molar-refractivity contribution >= 4 is 27.9 Å². The molecule has 154 valence electrons. The fourth-order valence-corrected chi connectivity index (χ4v) is 3.52. The number of ketones is 1. The van der Waals surface area contributed by atoms with Gasteiger partial charge >= 0.3 is 0 Å². The lowest BCUT2D eigenvalue weighted by Crippen LogP contribution is -2.19. The van der Waals surface area contributed by atoms with Crippen LogP contribution < -0.4 is 18.9 Å². The van der Waals surface area contributed by atoms with Crippen molar-refractivity contribution in [2.24, 2.45) is 4.99 Å². The maximum atomic E-state index is 12.7. The molecule has 0 spiro atoms. The van der Waals surface area contributed by atoms with Gasteiger partial charge in [0.2, 0.25) is 0 Å². The van der Waals surface area contributed by atoms with Crippen LogP contribution >= 0.6 is 15.9 Å². The summed E-state index contributed by atoms with van der Waals surface area (Å²) in [6, 6.07) is 8.96. The number of hydrogen-bond acceptors (Lipinski definition) is 7. The summed E-state index contributed by atoms with van der Waals surface area (Å²) in [6.07, 6.45) is 0.864. The van der Waals surface area contributed by atoms with Gasteiger partial charge in [-0.15, -0.1) is 0 Å². The summed E-state index contributed by atoms with van der Waals surface area (Å²) in [5, 5.41) is 0. The number of carbonyl (C=O) groups excluding carboxylic acids is 1. The van der Waals surface area contributed by atoms with Crippen LogP contribution in [0.3, 0.4) is 0 Å². The normalized spacial score (nSPS) is 13.9. The molecular formula is C21H22BrNO6. The second-order valence-corrected chi connectivity index (χ2v) is 6.99. The van der Waals surface area contributed by atoms with Gasteiger partial charge in [0.05, 0.1) is 14.2 Å². The van der Waals surface area contributed by atoms with Crippen molar-refractivity contribution in [3.63, 3.8) is 0 Å². The van der Waals surface area contributed by atoms with Crippen molar-refractivity contribution in [3.8, 4) is 23.0 Å². The maximum absolute atomic E-state index is 12.7. The third kappa shape index (κ3) is 4.89. The zero-order valence-electron chi connectivity index (χ0n) is 16.4. The van der Waals surface area contributed by atoms with Crippen LogP contribution in [0.2, 0.25) is 0 Å². The molecular weight excluding hydrogens is 442 g/mol. The summed E-state index contributed by atoms with van der Waals surface area (Å²) in [4.78, 5) is 16.9. The number of benzene rings is 2. The average molecular weight is 464 g/mol. The Hall–Kier alpha value is -2.58. The molecule has 0 aliphatic carbocycles. The third-order valence-electron chi connectivity index (χ3n) is 4.35. The lowest BCUT2D eigenvalue weighted by Gasteiger charge is -2.20. The average Bonchev–Trinajstić information content (AvgIpc) is 2.75. The summed E-state index contributed by atoms with van der Waals surface area (Å²) in [6.45, 7) is 0.958. The van der Waals surface area contributed by atoms with Gasteiger partial charge in [-0.3, -0.25) is 9.79 Å². The van der Waals surface area contributed by atoms with E-state index < -0.39 is 6.10 Å². The van der Waals surface area contributed by atoms with E-state index in [0.29, 0.717) is 46.2 Å². The van der Waals surface area contributed by atoms with Gasteiger partial charge in [0, 0.05) is 13.3 Å². The van der Waals surface area contributed by atoms with Gasteiger partial charge in [-0.05, 0) is 51.3 Å². The summed E-state index contributed by atoms with van der Waals surface area (Å²) in [5.74, 6) is 2.34. The lowest BCUT2D eigenvalue weighted by molar-refractivity contribution is -0.127. The minimum atomic E-state index is -0.739. The number of carbonyl (C=O) groups is 1. The molecule has 8 heteroatoms. The molecule has 0 saturated carbocycles. The summed E-state index contributed by atoms with van der Waals surface area (Å²) in [7, 11) is 4.63. The van der Waals surface area contributed by atoms with Crippen LogP contribution in [0.5, 0.6) is 23.0 Å². The van der Waals surface area contributed by atoms with E-state index in [1.165, 1.54) is 7.11 Å². The Bertz CT molecular complexity index is 889. The molecule has 1 aliphatic heterocycles. The predicted molar refractivity (Wildman–Crippen MR) is 112 cm³/mol. The Morgan fingerprint density at radius 1 is 1.10 bits per heavy atom. The lowest BCUT2D eigenvalue weighted by atomic mass is 10.0. The van der Waals surface area contributed by atoms with Gasteiger partial charge in [-0.25, -0.2) is 0 Å². The molecule has 2 aromatic carbocycles. The second-order valence-electron chi connectivity index (χ2n) is 6.19. The van der Waals surface area contributed by atoms with Crippen LogP contribution in [0.1, 0.15) is 17.2 Å². The Balaban J connectivity index is 1.72. The fourth-order valence-electron chi connectivity index (χ4n) is 2.96. The first-order chi connectivity index (χ1) is 14.1. The molecule has 0 amide bonds. The van der Waals surface area contributed by atoms with Gasteiger partial charge < -0.3 is 23.7 Å². The largest absolute Gasteiger partial charge is 0.495 e. The highest BCUT2D eigenvalue weighted by Crippen LogP contribution is 2.35. The maximum Gasteiger partial charge on any atom is 0.187 e. The molecule has 0 fully saturated rings. The van der Waals surface area contributed by atoms with Gasteiger partial charge in [0.25, 0.3) is 0 Å². The molecule has 29 heavy (non-hydrogen) atoms. The van der Waals surface area contributed by atoms with Crippen molar-refractivity contribution in [1.82, 2.24) is 0 Å². The molecule has 1 atom stereocenters. The number of nitrogens with zero attached hydrogens (tertiary/aromatic N) is 1. The van der Waals surface area contributed by atoms with Gasteiger partial charge in [0.15, 0.2) is 17.3 Å². The highest BCUT2D eigenvalue weighted by atomic mass is 79.9. The Labute approximate surface area is 177 Å². The molecule has 0 bridgehead atoms.